The van der Waals surface area contributed by atoms with Crippen LogP contribution >= 0.6 is 0 Å². The predicted octanol–water partition coefficient (Wildman–Crippen LogP) is 6.28. The third-order valence-electron chi connectivity index (χ3n) is 7.37. The van der Waals surface area contributed by atoms with Crippen LogP contribution in [0.25, 0.3) is 5.78 Å². The normalized spacial score (nSPS) is 20.5. The number of ether oxygens (including phenoxy) is 1. The van der Waals surface area contributed by atoms with Crippen LogP contribution in [0, 0.1) is 17.8 Å². The summed E-state index contributed by atoms with van der Waals surface area (Å²) in [7, 11) is 0. The van der Waals surface area contributed by atoms with Crippen molar-refractivity contribution in [3.63, 3.8) is 0 Å². The molecule has 2 fully saturated rings. The number of halogens is 5. The van der Waals surface area contributed by atoms with Crippen LogP contribution in [0.2, 0.25) is 0 Å². The number of hydrogen-bond acceptors (Lipinski definition) is 5. The summed E-state index contributed by atoms with van der Waals surface area (Å²) < 4.78 is 73.6. The first-order valence-electron chi connectivity index (χ1n) is 13.6. The third-order valence-corrected chi connectivity index (χ3v) is 7.37. The number of hydrogen-bond donors (Lipinski definition) is 2. The van der Waals surface area contributed by atoms with E-state index < -0.39 is 54.1 Å². The zero-order valence-electron chi connectivity index (χ0n) is 23.0. The van der Waals surface area contributed by atoms with Crippen LogP contribution in [0.15, 0.2) is 18.5 Å². The Hall–Kier alpha value is -2.99. The second-order valence-electron chi connectivity index (χ2n) is 12.1. The molecule has 3 atom stereocenters. The average molecular weight is 574 g/mol. The van der Waals surface area contributed by atoms with Gasteiger partial charge in [-0.05, 0) is 64.4 Å². The summed E-state index contributed by atoms with van der Waals surface area (Å²) in [6.07, 6.45) is -1.10. The van der Waals surface area contributed by atoms with Crippen LogP contribution in [0.5, 0.6) is 0 Å². The van der Waals surface area contributed by atoms with Gasteiger partial charge in [-0.2, -0.15) is 13.2 Å². The fraction of sp³-hybridized carbons (Fsp3) is 0.704. The predicted molar refractivity (Wildman–Crippen MR) is 135 cm³/mol. The van der Waals surface area contributed by atoms with Gasteiger partial charge in [-0.3, -0.25) is 9.20 Å². The lowest BCUT2D eigenvalue weighted by atomic mass is 9.81. The van der Waals surface area contributed by atoms with Crippen molar-refractivity contribution in [2.24, 2.45) is 17.8 Å². The van der Waals surface area contributed by atoms with Crippen LogP contribution in [0.4, 0.5) is 26.7 Å². The van der Waals surface area contributed by atoms with Crippen molar-refractivity contribution < 1.29 is 36.3 Å². The minimum Gasteiger partial charge on any atom is -0.444 e. The number of alkyl carbamates (subject to hydrolysis) is 1. The van der Waals surface area contributed by atoms with Gasteiger partial charge < -0.3 is 15.4 Å². The topological polar surface area (TPSA) is 97.6 Å². The molecule has 0 aliphatic heterocycles. The molecule has 2 aromatic rings. The van der Waals surface area contributed by atoms with Crippen molar-refractivity contribution in [1.29, 1.82) is 0 Å². The highest BCUT2D eigenvalue weighted by Gasteiger charge is 2.41. The number of nitrogens with zero attached hydrogens (tertiary/aromatic N) is 3. The monoisotopic (exact) mass is 573 g/mol. The van der Waals surface area contributed by atoms with Crippen LogP contribution < -0.4 is 10.6 Å². The van der Waals surface area contributed by atoms with Crippen LogP contribution in [0.1, 0.15) is 96.1 Å². The number of carbonyl (C=O) groups excluding carboxylic acids is 2. The number of carbonyl (C=O) groups is 2. The van der Waals surface area contributed by atoms with Gasteiger partial charge in [0.1, 0.15) is 5.60 Å². The van der Waals surface area contributed by atoms with Gasteiger partial charge in [-0.1, -0.05) is 6.92 Å². The van der Waals surface area contributed by atoms with Gasteiger partial charge in [-0.25, -0.2) is 23.5 Å². The molecular formula is C27H36F5N5O3. The summed E-state index contributed by atoms with van der Waals surface area (Å²) in [5.74, 6) is -5.21. The van der Waals surface area contributed by atoms with E-state index in [1.807, 2.05) is 0 Å². The van der Waals surface area contributed by atoms with Crippen molar-refractivity contribution >= 4 is 17.8 Å². The van der Waals surface area contributed by atoms with Crippen LogP contribution in [-0.2, 0) is 9.53 Å². The molecule has 222 valence electrons. The van der Waals surface area contributed by atoms with Gasteiger partial charge in [0, 0.05) is 31.7 Å². The van der Waals surface area contributed by atoms with E-state index in [-0.39, 0.29) is 43.3 Å². The lowest BCUT2D eigenvalue weighted by molar-refractivity contribution is -0.174. The van der Waals surface area contributed by atoms with E-state index in [4.69, 9.17) is 4.74 Å². The molecule has 0 aromatic carbocycles. The Bertz CT molecular complexity index is 1210. The molecule has 0 bridgehead atoms. The molecule has 40 heavy (non-hydrogen) atoms. The molecule has 2 aliphatic rings. The van der Waals surface area contributed by atoms with E-state index in [1.54, 1.807) is 43.6 Å². The van der Waals surface area contributed by atoms with Crippen molar-refractivity contribution in [3.8, 4) is 0 Å². The molecule has 0 saturated heterocycles. The molecule has 13 heteroatoms. The van der Waals surface area contributed by atoms with Gasteiger partial charge in [0.15, 0.2) is 0 Å². The van der Waals surface area contributed by atoms with Crippen LogP contribution in [0.3, 0.4) is 0 Å². The number of rotatable bonds is 8. The summed E-state index contributed by atoms with van der Waals surface area (Å²) in [5.41, 5.74) is 0.134. The Morgan fingerprint density at radius 3 is 2.17 bits per heavy atom. The first-order chi connectivity index (χ1) is 18.5. The standard InChI is InChI=1S/C27H36F5N5O3/c1-15(27(30,31)32)13-20(38)35-21(16-5-6-16)18-9-12-37-14-19(34-23(37)33-18)22(36-24(39)40-25(2,3)4)17-7-10-26(28,29)11-8-17/h9,12,14-17,21-22H,5-8,10-11,13H2,1-4H3,(H,35,38)(H,36,39)/t15?,21-,22+/m1/s1. The SMILES string of the molecule is CC(CC(=O)N[C@@H](c1ccn2cc([C@@H](NC(=O)OC(C)(C)C)C3CCC(F)(F)CC3)nc2n1)C1CC1)C(F)(F)F. The van der Waals surface area contributed by atoms with E-state index in [9.17, 15) is 31.5 Å². The maximum Gasteiger partial charge on any atom is 0.408 e. The maximum atomic E-state index is 13.9. The van der Waals surface area contributed by atoms with Gasteiger partial charge in [0.2, 0.25) is 17.6 Å². The molecule has 0 radical (unpaired) electrons. The summed E-state index contributed by atoms with van der Waals surface area (Å²) in [4.78, 5) is 34.3. The van der Waals surface area contributed by atoms with Crippen molar-refractivity contribution in [2.45, 2.75) is 102 Å². The zero-order chi connectivity index (χ0) is 29.5. The van der Waals surface area contributed by atoms with Crippen molar-refractivity contribution in [2.75, 3.05) is 0 Å². The highest BCUT2D eigenvalue weighted by Crippen LogP contribution is 2.42. The Balaban J connectivity index is 1.57. The van der Waals surface area contributed by atoms with Gasteiger partial charge in [0.25, 0.3) is 0 Å². The minimum atomic E-state index is -4.46. The Morgan fingerprint density at radius 2 is 1.60 bits per heavy atom. The van der Waals surface area contributed by atoms with Crippen molar-refractivity contribution in [1.82, 2.24) is 25.0 Å². The number of aromatic nitrogens is 3. The van der Waals surface area contributed by atoms with Crippen molar-refractivity contribution in [3.05, 3.63) is 29.8 Å². The van der Waals surface area contributed by atoms with E-state index in [1.165, 1.54) is 0 Å². The molecule has 2 saturated carbocycles. The molecule has 2 amide bonds. The fourth-order valence-corrected chi connectivity index (χ4v) is 4.98. The van der Waals surface area contributed by atoms with E-state index >= 15 is 0 Å². The number of fused-ring (bicyclic) bond motifs is 1. The molecular weight excluding hydrogens is 537 g/mol. The summed E-state index contributed by atoms with van der Waals surface area (Å²) in [5, 5.41) is 5.53. The molecule has 0 spiro atoms. The Labute approximate surface area is 229 Å². The van der Waals surface area contributed by atoms with Crippen LogP contribution in [-0.4, -0.2) is 44.1 Å². The summed E-state index contributed by atoms with van der Waals surface area (Å²) in [6.45, 7) is 6.13. The average Bonchev–Trinajstić information content (AvgIpc) is 3.57. The molecule has 2 N–H and O–H groups in total. The summed E-state index contributed by atoms with van der Waals surface area (Å²) >= 11 is 0. The molecule has 1 unspecified atom stereocenters. The number of imidazole rings is 1. The fourth-order valence-electron chi connectivity index (χ4n) is 4.98. The van der Waals surface area contributed by atoms with E-state index in [2.05, 4.69) is 20.6 Å². The number of nitrogens with one attached hydrogen (secondary N) is 2. The highest BCUT2D eigenvalue weighted by molar-refractivity contribution is 5.76. The minimum absolute atomic E-state index is 0.0556. The molecule has 4 rings (SSSR count). The van der Waals surface area contributed by atoms with E-state index in [0.29, 0.717) is 11.4 Å². The highest BCUT2D eigenvalue weighted by atomic mass is 19.4. The lowest BCUT2D eigenvalue weighted by Crippen LogP contribution is -2.40. The molecule has 2 aromatic heterocycles. The number of alkyl halides is 5. The maximum absolute atomic E-state index is 13.9. The third kappa shape index (κ3) is 7.81. The molecule has 8 nitrogen and oxygen atoms in total. The first-order valence-corrected chi connectivity index (χ1v) is 13.6. The smallest absolute Gasteiger partial charge is 0.408 e. The molecule has 2 heterocycles. The number of amides is 2. The van der Waals surface area contributed by atoms with Gasteiger partial charge in [0.05, 0.1) is 29.4 Å². The first kappa shape index (κ1) is 30.0. The second-order valence-corrected chi connectivity index (χ2v) is 12.1. The lowest BCUT2D eigenvalue weighted by Gasteiger charge is -2.33. The largest absolute Gasteiger partial charge is 0.444 e. The molecule has 2 aliphatic carbocycles. The summed E-state index contributed by atoms with van der Waals surface area (Å²) in [6, 6.07) is 0.417. The van der Waals surface area contributed by atoms with Gasteiger partial charge >= 0.3 is 12.3 Å². The second kappa shape index (κ2) is 11.1. The Morgan fingerprint density at radius 1 is 1.02 bits per heavy atom. The zero-order valence-corrected chi connectivity index (χ0v) is 23.0. The van der Waals surface area contributed by atoms with Gasteiger partial charge in [-0.15, -0.1) is 0 Å². The Kier molecular flexibility index (Phi) is 8.33. The quantitative estimate of drug-likeness (QED) is 0.363. The van der Waals surface area contributed by atoms with E-state index in [0.717, 1.165) is 19.8 Å².